The minimum atomic E-state index is 0.730. The third-order valence-corrected chi connectivity index (χ3v) is 2.54. The molecule has 0 bridgehead atoms. The van der Waals surface area contributed by atoms with Crippen molar-refractivity contribution < 1.29 is 0 Å². The molecule has 2 aromatic rings. The lowest BCUT2D eigenvalue weighted by atomic mass is 10.2. The second kappa shape index (κ2) is 5.01. The minimum absolute atomic E-state index is 0.730. The first-order valence-corrected chi connectivity index (χ1v) is 5.47. The lowest BCUT2D eigenvalue weighted by Gasteiger charge is -2.23. The maximum absolute atomic E-state index is 5.98. The summed E-state index contributed by atoms with van der Waals surface area (Å²) in [6.07, 6.45) is 0. The van der Waals surface area contributed by atoms with E-state index in [0.29, 0.717) is 0 Å². The van der Waals surface area contributed by atoms with Crippen molar-refractivity contribution in [1.29, 1.82) is 0 Å². The molecule has 1 N–H and O–H groups in total. The van der Waals surface area contributed by atoms with Crippen molar-refractivity contribution in [3.63, 3.8) is 0 Å². The van der Waals surface area contributed by atoms with Crippen LogP contribution in [0.25, 0.3) is 0 Å². The Morgan fingerprint density at radius 3 is 2.25 bits per heavy atom. The van der Waals surface area contributed by atoms with Crippen LogP contribution in [0.2, 0.25) is 5.02 Å². The van der Waals surface area contributed by atoms with Gasteiger partial charge in [0, 0.05) is 12.1 Å². The SMILES string of the molecule is CNN(c1ccccc1)c1cccc(Cl)c1. The number of hydrazine groups is 1. The Kier molecular flexibility index (Phi) is 3.44. The molecule has 2 aromatic carbocycles. The molecule has 0 aliphatic heterocycles. The van der Waals surface area contributed by atoms with Gasteiger partial charge in [-0.25, -0.2) is 5.43 Å². The molecule has 0 amide bonds. The van der Waals surface area contributed by atoms with Gasteiger partial charge in [0.1, 0.15) is 0 Å². The molecule has 3 heteroatoms. The number of hydrogen-bond acceptors (Lipinski definition) is 2. The van der Waals surface area contributed by atoms with Gasteiger partial charge in [0.15, 0.2) is 0 Å². The molecule has 0 saturated heterocycles. The molecule has 0 unspecified atom stereocenters. The molecular formula is C13H13ClN2. The summed E-state index contributed by atoms with van der Waals surface area (Å²) < 4.78 is 0. The van der Waals surface area contributed by atoms with Gasteiger partial charge in [0.25, 0.3) is 0 Å². The topological polar surface area (TPSA) is 15.3 Å². The third kappa shape index (κ3) is 2.35. The Hall–Kier alpha value is -1.51. The summed E-state index contributed by atoms with van der Waals surface area (Å²) in [4.78, 5) is 0. The fourth-order valence-corrected chi connectivity index (χ4v) is 1.78. The number of nitrogens with zero attached hydrogens (tertiary/aromatic N) is 1. The monoisotopic (exact) mass is 232 g/mol. The van der Waals surface area contributed by atoms with E-state index in [2.05, 4.69) is 5.43 Å². The summed E-state index contributed by atoms with van der Waals surface area (Å²) in [5, 5.41) is 2.71. The van der Waals surface area contributed by atoms with Crippen molar-refractivity contribution in [3.8, 4) is 0 Å². The summed E-state index contributed by atoms with van der Waals surface area (Å²) >= 11 is 5.98. The van der Waals surface area contributed by atoms with Gasteiger partial charge in [-0.3, -0.25) is 5.01 Å². The van der Waals surface area contributed by atoms with Crippen molar-refractivity contribution in [3.05, 3.63) is 59.6 Å². The van der Waals surface area contributed by atoms with E-state index in [1.54, 1.807) is 0 Å². The Morgan fingerprint density at radius 1 is 0.938 bits per heavy atom. The maximum Gasteiger partial charge on any atom is 0.0592 e. The first kappa shape index (κ1) is 11.0. The van der Waals surface area contributed by atoms with Gasteiger partial charge >= 0.3 is 0 Å². The van der Waals surface area contributed by atoms with E-state index in [1.807, 2.05) is 66.7 Å². The maximum atomic E-state index is 5.98. The number of hydrogen-bond donors (Lipinski definition) is 1. The highest BCUT2D eigenvalue weighted by Gasteiger charge is 2.06. The smallest absolute Gasteiger partial charge is 0.0592 e. The highest BCUT2D eigenvalue weighted by Crippen LogP contribution is 2.24. The van der Waals surface area contributed by atoms with Crippen LogP contribution < -0.4 is 10.4 Å². The van der Waals surface area contributed by atoms with E-state index in [9.17, 15) is 0 Å². The van der Waals surface area contributed by atoms with Gasteiger partial charge in [-0.1, -0.05) is 35.9 Å². The molecule has 0 aliphatic rings. The van der Waals surface area contributed by atoms with E-state index < -0.39 is 0 Å². The number of para-hydroxylation sites is 1. The molecule has 0 heterocycles. The molecule has 0 fully saturated rings. The molecule has 0 aliphatic carbocycles. The first-order valence-electron chi connectivity index (χ1n) is 5.09. The van der Waals surface area contributed by atoms with Crippen LogP contribution in [-0.4, -0.2) is 7.05 Å². The molecule has 2 rings (SSSR count). The standard InChI is InChI=1S/C13H13ClN2/c1-15-16(12-7-3-2-4-8-12)13-9-5-6-11(14)10-13/h2-10,15H,1H3. The molecule has 0 spiro atoms. The summed E-state index contributed by atoms with van der Waals surface area (Å²) in [6.45, 7) is 0. The highest BCUT2D eigenvalue weighted by molar-refractivity contribution is 6.30. The summed E-state index contributed by atoms with van der Waals surface area (Å²) in [5.41, 5.74) is 5.23. The van der Waals surface area contributed by atoms with Crippen molar-refractivity contribution in [2.24, 2.45) is 0 Å². The van der Waals surface area contributed by atoms with E-state index in [0.717, 1.165) is 16.4 Å². The molecule has 0 saturated carbocycles. The summed E-state index contributed by atoms with van der Waals surface area (Å²) in [5.74, 6) is 0. The lowest BCUT2D eigenvalue weighted by Crippen LogP contribution is -2.29. The van der Waals surface area contributed by atoms with Crippen LogP contribution in [0, 0.1) is 0 Å². The van der Waals surface area contributed by atoms with Crippen LogP contribution in [0.4, 0.5) is 11.4 Å². The van der Waals surface area contributed by atoms with Gasteiger partial charge < -0.3 is 0 Å². The molecule has 2 nitrogen and oxygen atoms in total. The zero-order valence-corrected chi connectivity index (χ0v) is 9.78. The summed E-state index contributed by atoms with van der Waals surface area (Å²) in [7, 11) is 1.88. The number of rotatable bonds is 3. The molecule has 82 valence electrons. The fourth-order valence-electron chi connectivity index (χ4n) is 1.60. The van der Waals surface area contributed by atoms with Crippen molar-refractivity contribution in [2.75, 3.05) is 12.1 Å². The summed E-state index contributed by atoms with van der Waals surface area (Å²) in [6, 6.07) is 17.8. The molecule has 16 heavy (non-hydrogen) atoms. The average molecular weight is 233 g/mol. The fraction of sp³-hybridized carbons (Fsp3) is 0.0769. The van der Waals surface area contributed by atoms with Crippen LogP contribution in [-0.2, 0) is 0 Å². The predicted octanol–water partition coefficient (Wildman–Crippen LogP) is 3.61. The van der Waals surface area contributed by atoms with Gasteiger partial charge in [0.2, 0.25) is 0 Å². The Morgan fingerprint density at radius 2 is 1.62 bits per heavy atom. The molecule has 0 radical (unpaired) electrons. The normalized spacial score (nSPS) is 10.1. The number of benzene rings is 2. The van der Waals surface area contributed by atoms with E-state index >= 15 is 0 Å². The van der Waals surface area contributed by atoms with Gasteiger partial charge in [-0.15, -0.1) is 0 Å². The second-order valence-electron chi connectivity index (χ2n) is 3.37. The lowest BCUT2D eigenvalue weighted by molar-refractivity contribution is 0.835. The number of nitrogens with one attached hydrogen (secondary N) is 1. The van der Waals surface area contributed by atoms with Crippen LogP contribution in [0.5, 0.6) is 0 Å². The number of halogens is 1. The second-order valence-corrected chi connectivity index (χ2v) is 3.81. The highest BCUT2D eigenvalue weighted by atomic mass is 35.5. The average Bonchev–Trinajstić information content (AvgIpc) is 2.31. The molecule has 0 atom stereocenters. The Bertz CT molecular complexity index is 456. The van der Waals surface area contributed by atoms with Crippen LogP contribution in [0.1, 0.15) is 0 Å². The Labute approximate surface area is 100 Å². The van der Waals surface area contributed by atoms with Crippen molar-refractivity contribution >= 4 is 23.0 Å². The zero-order chi connectivity index (χ0) is 11.4. The first-order chi connectivity index (χ1) is 7.81. The number of anilines is 2. The third-order valence-electron chi connectivity index (χ3n) is 2.30. The largest absolute Gasteiger partial charge is 0.277 e. The van der Waals surface area contributed by atoms with Crippen molar-refractivity contribution in [2.45, 2.75) is 0 Å². The van der Waals surface area contributed by atoms with Crippen LogP contribution in [0.15, 0.2) is 54.6 Å². The quantitative estimate of drug-likeness (QED) is 0.814. The van der Waals surface area contributed by atoms with Gasteiger partial charge in [0.05, 0.1) is 11.4 Å². The molecular weight excluding hydrogens is 220 g/mol. The Balaban J connectivity index is 2.37. The van der Waals surface area contributed by atoms with Crippen LogP contribution >= 0.6 is 11.6 Å². The molecule has 0 aromatic heterocycles. The van der Waals surface area contributed by atoms with Gasteiger partial charge in [-0.2, -0.15) is 0 Å². The van der Waals surface area contributed by atoms with Gasteiger partial charge in [-0.05, 0) is 30.3 Å². The van der Waals surface area contributed by atoms with Crippen LogP contribution in [0.3, 0.4) is 0 Å². The van der Waals surface area contributed by atoms with E-state index in [4.69, 9.17) is 11.6 Å². The predicted molar refractivity (Wildman–Crippen MR) is 69.1 cm³/mol. The van der Waals surface area contributed by atoms with Crippen molar-refractivity contribution in [1.82, 2.24) is 5.43 Å². The van der Waals surface area contributed by atoms with E-state index in [1.165, 1.54) is 0 Å². The zero-order valence-electron chi connectivity index (χ0n) is 9.02. The van der Waals surface area contributed by atoms with E-state index in [-0.39, 0.29) is 0 Å². The minimum Gasteiger partial charge on any atom is -0.277 e.